The van der Waals surface area contributed by atoms with E-state index in [1.54, 1.807) is 0 Å². The molecular formula is C35H37N2+. The zero-order valence-electron chi connectivity index (χ0n) is 22.3. The fourth-order valence-corrected chi connectivity index (χ4v) is 5.71. The van der Waals surface area contributed by atoms with E-state index in [1.165, 1.54) is 33.4 Å². The monoisotopic (exact) mass is 485 g/mol. The highest BCUT2D eigenvalue weighted by atomic mass is 15.2. The van der Waals surface area contributed by atoms with Gasteiger partial charge in [0, 0.05) is 11.1 Å². The third-order valence-electron chi connectivity index (χ3n) is 7.31. The molecule has 0 aliphatic rings. The van der Waals surface area contributed by atoms with E-state index in [4.69, 9.17) is 0 Å². The summed E-state index contributed by atoms with van der Waals surface area (Å²) in [6.07, 6.45) is 6.83. The topological polar surface area (TPSA) is 8.81 Å². The highest BCUT2D eigenvalue weighted by Crippen LogP contribution is 2.35. The Kier molecular flexibility index (Phi) is 7.37. The summed E-state index contributed by atoms with van der Waals surface area (Å²) in [5, 5.41) is 0. The summed E-state index contributed by atoms with van der Waals surface area (Å²) in [5.74, 6) is 0.861. The zero-order chi connectivity index (χ0) is 25.8. The van der Waals surface area contributed by atoms with Gasteiger partial charge in [0.15, 0.2) is 0 Å². The van der Waals surface area contributed by atoms with Crippen LogP contribution in [0.2, 0.25) is 0 Å². The van der Waals surface area contributed by atoms with Crippen molar-refractivity contribution in [2.45, 2.75) is 39.8 Å². The van der Waals surface area contributed by atoms with Crippen molar-refractivity contribution in [2.24, 2.45) is 11.8 Å². The van der Waals surface area contributed by atoms with Crippen molar-refractivity contribution in [1.29, 1.82) is 0 Å². The molecule has 1 aromatic heterocycles. The van der Waals surface area contributed by atoms with Crippen molar-refractivity contribution in [2.75, 3.05) is 0 Å². The third-order valence-corrected chi connectivity index (χ3v) is 7.31. The molecule has 0 spiro atoms. The van der Waals surface area contributed by atoms with Crippen LogP contribution in [0.1, 0.15) is 50.9 Å². The molecule has 0 amide bonds. The highest BCUT2D eigenvalue weighted by Gasteiger charge is 2.30. The minimum absolute atomic E-state index is 0.231. The molecular weight excluding hydrogens is 448 g/mol. The summed E-state index contributed by atoms with van der Waals surface area (Å²) >= 11 is 0. The summed E-state index contributed by atoms with van der Waals surface area (Å²) < 4.78 is 4.82. The maximum Gasteiger partial charge on any atom is 0.244 e. The molecule has 2 nitrogen and oxygen atoms in total. The van der Waals surface area contributed by atoms with Gasteiger partial charge in [-0.25, -0.2) is 9.13 Å². The molecule has 0 fully saturated rings. The summed E-state index contributed by atoms with van der Waals surface area (Å²) in [4.78, 5) is 0. The first kappa shape index (κ1) is 24.8. The first-order valence-electron chi connectivity index (χ1n) is 13.4. The quantitative estimate of drug-likeness (QED) is 0.195. The van der Waals surface area contributed by atoms with Crippen LogP contribution < -0.4 is 4.57 Å². The van der Waals surface area contributed by atoms with Gasteiger partial charge in [0.05, 0.1) is 0 Å². The second-order valence-corrected chi connectivity index (χ2v) is 10.6. The van der Waals surface area contributed by atoms with E-state index in [-0.39, 0.29) is 12.1 Å². The van der Waals surface area contributed by atoms with Crippen LogP contribution in [0.3, 0.4) is 0 Å². The van der Waals surface area contributed by atoms with E-state index in [0.717, 1.165) is 0 Å². The summed E-state index contributed by atoms with van der Waals surface area (Å²) in [6, 6.07) is 39.7. The van der Waals surface area contributed by atoms with Crippen LogP contribution in [0.25, 0.3) is 22.3 Å². The SMILES string of the molecule is CC(C)[C@H](c1ccccc1-c1ccccc1)n1cc[n+]([C@@H](c2ccccc2-c2ccccc2)C(C)C)c1. The van der Waals surface area contributed by atoms with Crippen molar-refractivity contribution in [3.8, 4) is 22.3 Å². The molecule has 0 unspecified atom stereocenters. The van der Waals surface area contributed by atoms with Gasteiger partial charge in [0.25, 0.3) is 0 Å². The predicted octanol–water partition coefficient (Wildman–Crippen LogP) is 8.60. The molecule has 2 heteroatoms. The molecule has 0 aliphatic carbocycles. The molecule has 2 atom stereocenters. The number of benzene rings is 4. The van der Waals surface area contributed by atoms with Crippen LogP contribution in [0.4, 0.5) is 0 Å². The average Bonchev–Trinajstić information content (AvgIpc) is 3.39. The number of hydrogen-bond acceptors (Lipinski definition) is 0. The van der Waals surface area contributed by atoms with Gasteiger partial charge in [-0.1, -0.05) is 137 Å². The first-order valence-corrected chi connectivity index (χ1v) is 13.4. The van der Waals surface area contributed by atoms with Gasteiger partial charge in [0.1, 0.15) is 24.5 Å². The van der Waals surface area contributed by atoms with E-state index in [9.17, 15) is 0 Å². The number of nitrogens with zero attached hydrogens (tertiary/aromatic N) is 2. The highest BCUT2D eigenvalue weighted by molar-refractivity contribution is 5.68. The van der Waals surface area contributed by atoms with Crippen LogP contribution in [0.5, 0.6) is 0 Å². The molecule has 1 heterocycles. The van der Waals surface area contributed by atoms with Gasteiger partial charge >= 0.3 is 0 Å². The number of rotatable bonds is 8. The number of hydrogen-bond donors (Lipinski definition) is 0. The van der Waals surface area contributed by atoms with Crippen molar-refractivity contribution in [3.05, 3.63) is 139 Å². The molecule has 0 aliphatic heterocycles. The number of aromatic nitrogens is 2. The minimum Gasteiger partial charge on any atom is -0.230 e. The lowest BCUT2D eigenvalue weighted by Crippen LogP contribution is -2.41. The summed E-state index contributed by atoms with van der Waals surface area (Å²) in [7, 11) is 0. The third kappa shape index (κ3) is 5.15. The Morgan fingerprint density at radius 2 is 1.03 bits per heavy atom. The fraction of sp³-hybridized carbons (Fsp3) is 0.229. The van der Waals surface area contributed by atoms with Gasteiger partial charge in [-0.05, 0) is 34.1 Å². The second-order valence-electron chi connectivity index (χ2n) is 10.6. The van der Waals surface area contributed by atoms with Gasteiger partial charge in [-0.15, -0.1) is 0 Å². The predicted molar refractivity (Wildman–Crippen MR) is 154 cm³/mol. The fourth-order valence-electron chi connectivity index (χ4n) is 5.71. The standard InChI is InChI=1S/C35H37N2/c1-26(2)34(32-21-13-11-19-30(32)28-15-7-5-8-16-28)36-23-24-37(25-36)35(27(3)4)33-22-14-12-20-31(33)29-17-9-6-10-18-29/h5-27,34-35H,1-4H3/q+1/t34-,35-/m1/s1. The van der Waals surface area contributed by atoms with Crippen LogP contribution in [-0.4, -0.2) is 4.57 Å². The summed E-state index contributed by atoms with van der Waals surface area (Å²) in [5.41, 5.74) is 7.85. The zero-order valence-corrected chi connectivity index (χ0v) is 22.3. The molecule has 0 saturated heterocycles. The maximum absolute atomic E-state index is 2.41. The molecule has 5 rings (SSSR count). The van der Waals surface area contributed by atoms with E-state index < -0.39 is 0 Å². The minimum atomic E-state index is 0.231. The lowest BCUT2D eigenvalue weighted by atomic mass is 9.89. The molecule has 0 N–H and O–H groups in total. The van der Waals surface area contributed by atoms with E-state index >= 15 is 0 Å². The van der Waals surface area contributed by atoms with E-state index in [0.29, 0.717) is 11.8 Å². The van der Waals surface area contributed by atoms with Crippen molar-refractivity contribution < 1.29 is 4.57 Å². The lowest BCUT2D eigenvalue weighted by Gasteiger charge is -2.23. The van der Waals surface area contributed by atoms with Crippen LogP contribution in [0, 0.1) is 11.8 Å². The Balaban J connectivity index is 1.58. The smallest absolute Gasteiger partial charge is 0.230 e. The van der Waals surface area contributed by atoms with Crippen molar-refractivity contribution >= 4 is 0 Å². The molecule has 0 radical (unpaired) electrons. The second kappa shape index (κ2) is 11.0. The first-order chi connectivity index (χ1) is 18.0. The normalized spacial score (nSPS) is 13.1. The lowest BCUT2D eigenvalue weighted by molar-refractivity contribution is -0.719. The molecule has 0 saturated carbocycles. The number of imidazole rings is 1. The summed E-state index contributed by atoms with van der Waals surface area (Å²) in [6.45, 7) is 9.28. The van der Waals surface area contributed by atoms with Crippen molar-refractivity contribution in [1.82, 2.24) is 4.57 Å². The van der Waals surface area contributed by atoms with Gasteiger partial charge in [0.2, 0.25) is 6.33 Å². The van der Waals surface area contributed by atoms with E-state index in [2.05, 4.69) is 165 Å². The van der Waals surface area contributed by atoms with E-state index in [1.807, 2.05) is 0 Å². The Hall–Kier alpha value is -3.91. The average molecular weight is 486 g/mol. The molecule has 186 valence electrons. The molecule has 0 bridgehead atoms. The van der Waals surface area contributed by atoms with Crippen molar-refractivity contribution in [3.63, 3.8) is 0 Å². The Morgan fingerprint density at radius 1 is 0.541 bits per heavy atom. The van der Waals surface area contributed by atoms with Crippen LogP contribution >= 0.6 is 0 Å². The maximum atomic E-state index is 2.41. The van der Waals surface area contributed by atoms with Crippen LogP contribution in [-0.2, 0) is 0 Å². The Bertz CT molecular complexity index is 1320. The van der Waals surface area contributed by atoms with Gasteiger partial charge in [-0.2, -0.15) is 0 Å². The molecule has 4 aromatic carbocycles. The van der Waals surface area contributed by atoms with Crippen LogP contribution in [0.15, 0.2) is 128 Å². The Labute approximate surface area is 221 Å². The largest absolute Gasteiger partial charge is 0.244 e. The molecule has 5 aromatic rings. The van der Waals surface area contributed by atoms with Gasteiger partial charge < -0.3 is 0 Å². The van der Waals surface area contributed by atoms with Gasteiger partial charge in [-0.3, -0.25) is 0 Å². The Morgan fingerprint density at radius 3 is 1.57 bits per heavy atom. The molecule has 37 heavy (non-hydrogen) atoms.